The van der Waals surface area contributed by atoms with Gasteiger partial charge in [0.1, 0.15) is 21.8 Å². The molecule has 0 saturated heterocycles. The first kappa shape index (κ1) is 21.8. The van der Waals surface area contributed by atoms with E-state index in [1.54, 1.807) is 24.3 Å². The summed E-state index contributed by atoms with van der Waals surface area (Å²) in [5.41, 5.74) is 0.00434. The van der Waals surface area contributed by atoms with Crippen molar-refractivity contribution in [3.8, 4) is 11.5 Å². The van der Waals surface area contributed by atoms with Crippen LogP contribution in [0.2, 0.25) is 0 Å². The Morgan fingerprint density at radius 2 is 1.82 bits per heavy atom. The first-order valence-electron chi connectivity index (χ1n) is 10.3. The van der Waals surface area contributed by atoms with Crippen LogP contribution >= 0.6 is 11.8 Å². The maximum Gasteiger partial charge on any atom is 0.354 e. The zero-order valence-electron chi connectivity index (χ0n) is 17.9. The lowest BCUT2D eigenvalue weighted by molar-refractivity contribution is 0.415. The monoisotopic (exact) mass is 475 g/mol. The van der Waals surface area contributed by atoms with Crippen molar-refractivity contribution < 1.29 is 18.7 Å². The topological polar surface area (TPSA) is 81.7 Å². The molecule has 0 radical (unpaired) electrons. The number of nitrogens with zero attached hydrogens (tertiary/aromatic N) is 1. The summed E-state index contributed by atoms with van der Waals surface area (Å²) in [6, 6.07) is 20.0. The van der Waals surface area contributed by atoms with Gasteiger partial charge in [-0.25, -0.2) is 9.18 Å². The second kappa shape index (κ2) is 8.72. The Balaban J connectivity index is 1.81. The van der Waals surface area contributed by atoms with Gasteiger partial charge < -0.3 is 18.8 Å². The molecule has 0 unspecified atom stereocenters. The molecule has 0 saturated carbocycles. The van der Waals surface area contributed by atoms with E-state index < -0.39 is 22.8 Å². The number of pyridine rings is 1. The Bertz CT molecular complexity index is 1660. The Morgan fingerprint density at radius 3 is 2.56 bits per heavy atom. The first-order chi connectivity index (χ1) is 16.5. The maximum atomic E-state index is 13.7. The summed E-state index contributed by atoms with van der Waals surface area (Å²) in [7, 11) is 1.52. The molecule has 0 aliphatic heterocycles. The smallest absolute Gasteiger partial charge is 0.354 e. The Labute approximate surface area is 196 Å². The third-order valence-corrected chi connectivity index (χ3v) is 6.51. The highest BCUT2D eigenvalue weighted by Crippen LogP contribution is 2.37. The van der Waals surface area contributed by atoms with Gasteiger partial charge in [0, 0.05) is 16.3 Å². The molecule has 2 heterocycles. The molecule has 0 amide bonds. The second-order valence-electron chi connectivity index (χ2n) is 7.59. The minimum Gasteiger partial charge on any atom is -0.505 e. The molecule has 34 heavy (non-hydrogen) atoms. The van der Waals surface area contributed by atoms with E-state index in [2.05, 4.69) is 0 Å². The summed E-state index contributed by atoms with van der Waals surface area (Å²) in [5.74, 6) is -0.456. The number of aromatic nitrogens is 1. The highest BCUT2D eigenvalue weighted by atomic mass is 32.2. The summed E-state index contributed by atoms with van der Waals surface area (Å²) >= 11 is 0.835. The summed E-state index contributed by atoms with van der Waals surface area (Å²) in [4.78, 5) is 26.7. The number of halogens is 1. The van der Waals surface area contributed by atoms with Crippen LogP contribution in [0.25, 0.3) is 21.9 Å². The van der Waals surface area contributed by atoms with Crippen LogP contribution in [0.4, 0.5) is 4.39 Å². The molecule has 0 aliphatic rings. The fraction of sp³-hybridized carbons (Fsp3) is 0.0769. The number of hydrogen-bond donors (Lipinski definition) is 1. The number of hydrogen-bond acceptors (Lipinski definition) is 6. The van der Waals surface area contributed by atoms with Gasteiger partial charge in [-0.2, -0.15) is 0 Å². The van der Waals surface area contributed by atoms with Crippen LogP contribution in [-0.2, 0) is 6.54 Å². The zero-order valence-corrected chi connectivity index (χ0v) is 18.8. The predicted octanol–water partition coefficient (Wildman–Crippen LogP) is 5.16. The summed E-state index contributed by atoms with van der Waals surface area (Å²) in [5, 5.41) is 11.4. The lowest BCUT2D eigenvalue weighted by Crippen LogP contribution is -2.23. The Kier molecular flexibility index (Phi) is 5.59. The van der Waals surface area contributed by atoms with Crippen molar-refractivity contribution in [2.75, 3.05) is 7.11 Å². The largest absolute Gasteiger partial charge is 0.505 e. The van der Waals surface area contributed by atoms with E-state index >= 15 is 0 Å². The normalized spacial score (nSPS) is 11.2. The number of aromatic hydroxyl groups is 1. The molecule has 2 aromatic heterocycles. The van der Waals surface area contributed by atoms with Gasteiger partial charge in [-0.1, -0.05) is 48.2 Å². The lowest BCUT2D eigenvalue weighted by atomic mass is 10.1. The molecule has 1 N–H and O–H groups in total. The molecule has 0 atom stereocenters. The molecule has 5 rings (SSSR count). The van der Waals surface area contributed by atoms with E-state index in [1.807, 2.05) is 30.3 Å². The summed E-state index contributed by atoms with van der Waals surface area (Å²) < 4.78 is 26.0. The van der Waals surface area contributed by atoms with Crippen molar-refractivity contribution in [2.45, 2.75) is 16.3 Å². The van der Waals surface area contributed by atoms with Crippen molar-refractivity contribution in [3.05, 3.63) is 105 Å². The quantitative estimate of drug-likeness (QED) is 0.354. The fourth-order valence-corrected chi connectivity index (χ4v) is 4.73. The van der Waals surface area contributed by atoms with Gasteiger partial charge in [0.15, 0.2) is 11.3 Å². The van der Waals surface area contributed by atoms with E-state index in [0.29, 0.717) is 21.5 Å². The number of fused-ring (bicyclic) bond motifs is 3. The predicted molar refractivity (Wildman–Crippen MR) is 129 cm³/mol. The van der Waals surface area contributed by atoms with Crippen molar-refractivity contribution in [2.24, 2.45) is 0 Å². The highest BCUT2D eigenvalue weighted by Gasteiger charge is 2.23. The van der Waals surface area contributed by atoms with Crippen molar-refractivity contribution in [1.29, 1.82) is 0 Å². The average molecular weight is 475 g/mol. The molecule has 3 aromatic carbocycles. The van der Waals surface area contributed by atoms with Crippen LogP contribution in [0, 0.1) is 5.82 Å². The van der Waals surface area contributed by atoms with Crippen LogP contribution in [0.3, 0.4) is 0 Å². The average Bonchev–Trinajstić information content (AvgIpc) is 2.84. The molecule has 0 spiro atoms. The van der Waals surface area contributed by atoms with Crippen molar-refractivity contribution in [3.63, 3.8) is 0 Å². The van der Waals surface area contributed by atoms with Crippen LogP contribution in [-0.4, -0.2) is 16.8 Å². The van der Waals surface area contributed by atoms with Gasteiger partial charge in [-0.15, -0.1) is 0 Å². The van der Waals surface area contributed by atoms with Crippen LogP contribution in [0.5, 0.6) is 11.5 Å². The zero-order chi connectivity index (χ0) is 23.8. The number of rotatable bonds is 5. The van der Waals surface area contributed by atoms with Gasteiger partial charge in [0.25, 0.3) is 5.56 Å². The number of methoxy groups -OCH3 is 1. The summed E-state index contributed by atoms with van der Waals surface area (Å²) in [6.45, 7) is 0.226. The standard InChI is InChI=1S/C26H18FNO5S/c1-32-17-10-11-19-20(13-17)28(14-15-6-3-2-4-7-15)25(30)21-22(29)24(26(31)33-23(19)21)34-18-9-5-8-16(27)12-18/h2-13,29H,14H2,1H3. The van der Waals surface area contributed by atoms with E-state index in [4.69, 9.17) is 9.15 Å². The van der Waals surface area contributed by atoms with Gasteiger partial charge in [-0.3, -0.25) is 4.79 Å². The molecule has 5 aromatic rings. The molecular weight excluding hydrogens is 457 g/mol. The lowest BCUT2D eigenvalue weighted by Gasteiger charge is -2.15. The molecule has 0 bridgehead atoms. The molecule has 6 nitrogen and oxygen atoms in total. The number of ether oxygens (including phenoxy) is 1. The fourth-order valence-electron chi connectivity index (χ4n) is 3.86. The Morgan fingerprint density at radius 1 is 1.03 bits per heavy atom. The Hall–Kier alpha value is -4.04. The molecular formula is C26H18FNO5S. The SMILES string of the molecule is COc1ccc2c3oc(=O)c(Sc4cccc(F)c4)c(O)c3c(=O)n(Cc3ccccc3)c2c1. The second-order valence-corrected chi connectivity index (χ2v) is 8.67. The van der Waals surface area contributed by atoms with E-state index in [-0.39, 0.29) is 22.4 Å². The first-order valence-corrected chi connectivity index (χ1v) is 11.2. The van der Waals surface area contributed by atoms with Crippen LogP contribution < -0.4 is 15.9 Å². The minimum absolute atomic E-state index is 0.0157. The van der Waals surface area contributed by atoms with E-state index in [1.165, 1.54) is 29.9 Å². The highest BCUT2D eigenvalue weighted by molar-refractivity contribution is 7.99. The van der Waals surface area contributed by atoms with Gasteiger partial charge >= 0.3 is 5.63 Å². The third-order valence-electron chi connectivity index (χ3n) is 5.46. The van der Waals surface area contributed by atoms with Crippen molar-refractivity contribution in [1.82, 2.24) is 4.57 Å². The van der Waals surface area contributed by atoms with Gasteiger partial charge in [0.05, 0.1) is 19.2 Å². The van der Waals surface area contributed by atoms with E-state index in [0.717, 1.165) is 17.3 Å². The molecule has 0 fully saturated rings. The third kappa shape index (κ3) is 3.82. The van der Waals surface area contributed by atoms with E-state index in [9.17, 15) is 19.1 Å². The molecule has 0 aliphatic carbocycles. The maximum absolute atomic E-state index is 13.7. The van der Waals surface area contributed by atoms with Gasteiger partial charge in [-0.05, 0) is 35.9 Å². The van der Waals surface area contributed by atoms with Gasteiger partial charge in [0.2, 0.25) is 0 Å². The summed E-state index contributed by atoms with van der Waals surface area (Å²) in [6.07, 6.45) is 0. The van der Waals surface area contributed by atoms with Crippen LogP contribution in [0.1, 0.15) is 5.56 Å². The molecule has 8 heteroatoms. The van der Waals surface area contributed by atoms with Crippen molar-refractivity contribution >= 4 is 33.6 Å². The minimum atomic E-state index is -0.823. The molecule has 170 valence electrons. The number of benzene rings is 3. The van der Waals surface area contributed by atoms with Crippen LogP contribution in [0.15, 0.2) is 96.6 Å².